The number of aryl methyl sites for hydroxylation is 2. The Bertz CT molecular complexity index is 9270. The van der Waals surface area contributed by atoms with Crippen LogP contribution in [-0.4, -0.2) is 16.3 Å². The Kier molecular flexibility index (Phi) is 25.2. The maximum atomic E-state index is 13.6. The molecule has 2 aromatic heterocycles. The minimum atomic E-state index is -5.07. The van der Waals surface area contributed by atoms with Crippen LogP contribution in [0.4, 0.5) is 35.9 Å². The van der Waals surface area contributed by atoms with Gasteiger partial charge in [0.2, 0.25) is 22.8 Å². The van der Waals surface area contributed by atoms with Crippen LogP contribution in [0.3, 0.4) is 0 Å². The van der Waals surface area contributed by atoms with E-state index in [4.69, 9.17) is 56.0 Å². The predicted octanol–water partition coefficient (Wildman–Crippen LogP) is 28.6. The van der Waals surface area contributed by atoms with E-state index >= 15 is 0 Å². The van der Waals surface area contributed by atoms with Crippen LogP contribution in [0.1, 0.15) is 139 Å². The zero-order valence-corrected chi connectivity index (χ0v) is 75.3. The molecule has 0 fully saturated rings. The van der Waals surface area contributed by atoms with Crippen LogP contribution >= 0.6 is 0 Å². The molecule has 22 nitrogen and oxygen atoms in total. The van der Waals surface area contributed by atoms with Crippen molar-refractivity contribution in [1.82, 2.24) is 9.97 Å². The highest BCUT2D eigenvalue weighted by atomic mass is 19.4. The highest BCUT2D eigenvalue weighted by molar-refractivity contribution is 6.41. The van der Waals surface area contributed by atoms with Gasteiger partial charge in [-0.1, -0.05) is 151 Å². The molecule has 0 radical (unpaired) electrons. The number of aromatic nitrogens is 2. The third kappa shape index (κ3) is 16.7. The summed E-state index contributed by atoms with van der Waals surface area (Å²) in [5.74, 6) is -0.601. The number of nitriles is 11. The molecule has 0 unspecified atom stereocenters. The fourth-order valence-electron chi connectivity index (χ4n) is 18.7. The Morgan fingerprint density at radius 3 is 0.966 bits per heavy atom. The molecule has 25 heteroatoms. The quantitative estimate of drug-likeness (QED) is 0.0765. The molecule has 0 amide bonds. The normalized spacial score (nSPS) is 13.4. The van der Waals surface area contributed by atoms with Gasteiger partial charge in [0.05, 0.1) is 168 Å². The summed E-state index contributed by atoms with van der Waals surface area (Å²) in [5.41, 5.74) is 11.4. The molecule has 4 aliphatic rings. The number of allylic oxidation sites excluding steroid dienone is 12. The lowest BCUT2D eigenvalue weighted by molar-refractivity contribution is -0.274. The van der Waals surface area contributed by atoms with E-state index < -0.39 is 12.1 Å². The Labute approximate surface area is 828 Å². The molecule has 145 heavy (non-hydrogen) atoms. The van der Waals surface area contributed by atoms with Crippen molar-refractivity contribution in [3.8, 4) is 117 Å². The van der Waals surface area contributed by atoms with Gasteiger partial charge in [-0.25, -0.2) is 38.8 Å². The number of nitrogens with zero attached hydrogens (tertiary/aromatic N) is 21. The van der Waals surface area contributed by atoms with Crippen LogP contribution < -0.4 is 4.74 Å². The number of alkyl halides is 3. The average molecular weight is 1860 g/mol. The third-order valence-corrected chi connectivity index (χ3v) is 24.4. The molecule has 0 saturated heterocycles. The van der Waals surface area contributed by atoms with Crippen LogP contribution in [0.2, 0.25) is 0 Å². The van der Waals surface area contributed by atoms with Gasteiger partial charge in [0.15, 0.2) is 22.7 Å². The maximum Gasteiger partial charge on any atom is 0.573 e. The van der Waals surface area contributed by atoms with Crippen molar-refractivity contribution in [2.24, 2.45) is 0 Å². The standard InChI is InChI=1S/C62H25F3N10O.C58H25N11/c1-34-6-12-42(13-7-34)53-54(48(32-70)43-25-45(72-2)27-46(26-43)73-3)56-51(40-14-8-35(28-66)9-15-40)55-49(33-71)50(39-18-20-47(21-19-39)76-62(63,64)65)58(60(74-4)44-23-37(30-68)22-38(24-44)31-69)57(55)52(59(56)61(53)75-5)41-16-10-36(29-67)11-17-41;1-33-22-36(30-61)24-40(23-33)57(66-4)56-49(45-10-6-8-20-68-45)44(32-63)51-47(37-16-12-34(28-59)13-17-37)53-50(43(31-62)39-25-41(64-2)27-42(26-39)65-3)52(46-11-7-9-21-69-46)58(67-5)55(53)48(54(51)56)38-18-14-35(29-60)15-19-38/h6-27H,1H3;6-27H,1H3/b54-48+,60-58-;50-43+,57-56-. The second-order valence-corrected chi connectivity index (χ2v) is 32.6. The molecule has 14 aromatic rings. The van der Waals surface area contributed by atoms with Gasteiger partial charge in [-0.05, 0) is 268 Å². The van der Waals surface area contributed by atoms with Gasteiger partial charge in [-0.2, -0.15) is 57.9 Å². The maximum absolute atomic E-state index is 13.6. The van der Waals surface area contributed by atoms with E-state index in [-0.39, 0.29) is 185 Å². The zero-order chi connectivity index (χ0) is 102. The fourth-order valence-corrected chi connectivity index (χ4v) is 18.7. The van der Waals surface area contributed by atoms with E-state index in [0.717, 1.165) is 17.7 Å². The minimum absolute atomic E-state index is 0.00147. The van der Waals surface area contributed by atoms with E-state index in [1.165, 1.54) is 91.0 Å². The van der Waals surface area contributed by atoms with Crippen LogP contribution in [-0.2, 0) is 0 Å². The molecule has 12 aromatic carbocycles. The van der Waals surface area contributed by atoms with Crippen molar-refractivity contribution >= 4 is 112 Å². The summed E-state index contributed by atoms with van der Waals surface area (Å²) in [5, 5.41) is 117. The summed E-state index contributed by atoms with van der Waals surface area (Å²) >= 11 is 0. The van der Waals surface area contributed by atoms with Crippen molar-refractivity contribution in [2.75, 3.05) is 0 Å². The van der Waals surface area contributed by atoms with Crippen LogP contribution in [0.25, 0.3) is 173 Å². The first-order valence-electron chi connectivity index (χ1n) is 43.2. The number of hydrogen-bond acceptors (Lipinski definition) is 14. The second-order valence-electron chi connectivity index (χ2n) is 32.6. The number of halogens is 3. The lowest BCUT2D eigenvalue weighted by Crippen LogP contribution is -2.17. The van der Waals surface area contributed by atoms with E-state index in [9.17, 15) is 77.6 Å². The molecular weight excluding hydrogens is 1810 g/mol. The van der Waals surface area contributed by atoms with Gasteiger partial charge in [-0.15, -0.1) is 13.2 Å². The largest absolute Gasteiger partial charge is 0.573 e. The first-order valence-corrected chi connectivity index (χ1v) is 43.2. The van der Waals surface area contributed by atoms with E-state index in [0.29, 0.717) is 106 Å². The van der Waals surface area contributed by atoms with Gasteiger partial charge in [0.1, 0.15) is 30.0 Å². The number of pyridine rings is 2. The van der Waals surface area contributed by atoms with Crippen molar-refractivity contribution in [1.29, 1.82) is 57.9 Å². The van der Waals surface area contributed by atoms with E-state index in [2.05, 4.69) is 98.1 Å². The summed E-state index contributed by atoms with van der Waals surface area (Å²) in [6.45, 7) is 71.6. The SMILES string of the molecule is [C-]#[N+]C1=C(c2ccc(C)cc2)/C(=C(/C#N)c2cc([N+]#[C-])cc([N+]#[C-])c2)c2c1c(-c1ccc(C#N)cc1)c1c(c2-c2ccc(C#N)cc2)C(C#N)=C(c2ccc(OC(F)(F)F)cc2)/C1=C(/[N+]#[C-])c1cc(C#N)cc(C#N)c1.[C-]#[N+]C1=C(c2ccccn2)/C(=C(/C#N)c2cc([N+]#[C-])cc([N+]#[C-])c2)c2c1c(-c1ccc(C#N)cc1)c1c(c2-c2ccc(C#N)cc2)C(C#N)=C(c2ccccn2)/C1=C(/[N+]#[C-])c1cc(C)cc(C#N)c1. The lowest BCUT2D eigenvalue weighted by Gasteiger charge is -2.25. The number of ether oxygens (including phenoxy) is 1. The van der Waals surface area contributed by atoms with Gasteiger partial charge in [0.25, 0.3) is 0 Å². The molecule has 0 spiro atoms. The molecule has 2 heterocycles. The van der Waals surface area contributed by atoms with E-state index in [1.807, 2.05) is 38.1 Å². The van der Waals surface area contributed by atoms with Gasteiger partial charge >= 0.3 is 6.36 Å². The number of benzene rings is 12. The lowest BCUT2D eigenvalue weighted by atomic mass is 9.77. The average Bonchev–Trinajstić information content (AvgIpc) is 1.52. The van der Waals surface area contributed by atoms with Gasteiger partial charge in [0, 0.05) is 40.2 Å². The highest BCUT2D eigenvalue weighted by Gasteiger charge is 2.48. The van der Waals surface area contributed by atoms with Gasteiger partial charge in [-0.3, -0.25) is 9.97 Å². The molecule has 18 rings (SSSR count). The molecule has 4 aliphatic carbocycles. The summed E-state index contributed by atoms with van der Waals surface area (Å²) in [6, 6.07) is 90.5. The Hall–Kier alpha value is -23.2. The fraction of sp³-hybridized carbons (Fsp3) is 0.0250. The first-order chi connectivity index (χ1) is 70.5. The van der Waals surface area contributed by atoms with Crippen LogP contribution in [0.5, 0.6) is 5.75 Å². The number of rotatable bonds is 13. The summed E-state index contributed by atoms with van der Waals surface area (Å²) in [7, 11) is 0. The monoisotopic (exact) mass is 1860 g/mol. The Balaban J connectivity index is 0.000000200. The first kappa shape index (κ1) is 93.6. The van der Waals surface area contributed by atoms with Crippen molar-refractivity contribution < 1.29 is 17.9 Å². The smallest absolute Gasteiger partial charge is 0.406 e. The third-order valence-electron chi connectivity index (χ3n) is 24.4. The van der Waals surface area contributed by atoms with Crippen LogP contribution in [0.15, 0.2) is 267 Å². The van der Waals surface area contributed by atoms with Crippen molar-refractivity contribution in [2.45, 2.75) is 20.2 Å². The predicted molar refractivity (Wildman–Crippen MR) is 539 cm³/mol. The molecule has 0 bridgehead atoms. The highest BCUT2D eigenvalue weighted by Crippen LogP contribution is 2.67. The molecule has 0 saturated carbocycles. The number of hydrogen-bond donors (Lipinski definition) is 0. The number of fused-ring (bicyclic) bond motifs is 4. The van der Waals surface area contributed by atoms with Crippen molar-refractivity contribution in [3.63, 3.8) is 0 Å². The Morgan fingerprint density at radius 1 is 0.283 bits per heavy atom. The molecule has 0 atom stereocenters. The van der Waals surface area contributed by atoms with Crippen molar-refractivity contribution in [3.05, 3.63) is 498 Å². The summed E-state index contributed by atoms with van der Waals surface area (Å²) in [6.07, 6.45) is -1.94. The molecule has 0 N–H and O–H groups in total. The zero-order valence-electron chi connectivity index (χ0n) is 75.3. The summed E-state index contributed by atoms with van der Waals surface area (Å²) < 4.78 is 45.1. The van der Waals surface area contributed by atoms with E-state index in [1.54, 1.807) is 152 Å². The molecular formula is C120H50F3N21O. The summed E-state index contributed by atoms with van der Waals surface area (Å²) in [4.78, 5) is 40.7. The second kappa shape index (κ2) is 39.0. The minimum Gasteiger partial charge on any atom is -0.406 e. The topological polar surface area (TPSA) is 332 Å². The van der Waals surface area contributed by atoms with Crippen LogP contribution in [0, 0.1) is 191 Å². The van der Waals surface area contributed by atoms with Gasteiger partial charge < -0.3 is 4.74 Å². The molecule has 0 aliphatic heterocycles. The molecule has 662 valence electrons. The Morgan fingerprint density at radius 2 is 0.614 bits per heavy atom.